The Morgan fingerprint density at radius 2 is 0.754 bits per heavy atom. The van der Waals surface area contributed by atoms with Crippen LogP contribution in [-0.4, -0.2) is 49.3 Å². The monoisotopic (exact) mass is 986 g/mol. The maximum Gasteiger partial charge on any atom is 0.472 e. The fourth-order valence-electron chi connectivity index (χ4n) is 7.70. The molecule has 0 aromatic heterocycles. The molecule has 0 aliphatic heterocycles. The summed E-state index contributed by atoms with van der Waals surface area (Å²) >= 11 is 0. The minimum absolute atomic E-state index is 0.0474. The first-order valence-electron chi connectivity index (χ1n) is 28.1. The highest BCUT2D eigenvalue weighted by molar-refractivity contribution is 7.47. The van der Waals surface area contributed by atoms with Crippen molar-refractivity contribution in [3.05, 3.63) is 85.1 Å². The lowest BCUT2D eigenvalue weighted by Gasteiger charge is -2.19. The second-order valence-corrected chi connectivity index (χ2v) is 19.8. The van der Waals surface area contributed by atoms with Crippen molar-refractivity contribution in [1.82, 2.24) is 0 Å². The van der Waals surface area contributed by atoms with E-state index in [1.165, 1.54) is 122 Å². The van der Waals surface area contributed by atoms with E-state index in [0.717, 1.165) is 83.5 Å². The zero-order chi connectivity index (χ0) is 50.2. The molecule has 2 atom stereocenters. The zero-order valence-electron chi connectivity index (χ0n) is 44.3. The first kappa shape index (κ1) is 66.2. The van der Waals surface area contributed by atoms with Crippen molar-refractivity contribution in [3.8, 4) is 0 Å². The zero-order valence-corrected chi connectivity index (χ0v) is 45.2. The molecule has 0 aliphatic rings. The molecular formula is C59H104NO8P. The largest absolute Gasteiger partial charge is 0.472 e. The molecule has 0 spiro atoms. The Bertz CT molecular complexity index is 1400. The average Bonchev–Trinajstić information content (AvgIpc) is 3.34. The first-order chi connectivity index (χ1) is 33.8. The van der Waals surface area contributed by atoms with E-state index < -0.39 is 32.5 Å². The van der Waals surface area contributed by atoms with Crippen LogP contribution in [0.1, 0.15) is 245 Å². The number of carbonyl (C=O) groups is 2. The van der Waals surface area contributed by atoms with Crippen LogP contribution in [0.25, 0.3) is 0 Å². The van der Waals surface area contributed by atoms with Crippen LogP contribution in [0.3, 0.4) is 0 Å². The summed E-state index contributed by atoms with van der Waals surface area (Å²) < 4.78 is 32.9. The highest BCUT2D eigenvalue weighted by atomic mass is 31.2. The van der Waals surface area contributed by atoms with Gasteiger partial charge in [-0.05, 0) is 83.5 Å². The molecule has 0 saturated carbocycles. The Hall–Kier alpha value is -2.81. The lowest BCUT2D eigenvalue weighted by atomic mass is 10.0. The van der Waals surface area contributed by atoms with Gasteiger partial charge in [-0.2, -0.15) is 0 Å². The van der Waals surface area contributed by atoms with E-state index in [0.29, 0.717) is 12.8 Å². The van der Waals surface area contributed by atoms with Crippen LogP contribution >= 0.6 is 7.82 Å². The van der Waals surface area contributed by atoms with Gasteiger partial charge in [0, 0.05) is 19.4 Å². The molecule has 0 aliphatic carbocycles. The van der Waals surface area contributed by atoms with Crippen LogP contribution in [0.2, 0.25) is 0 Å². The standard InChI is InChI=1S/C59H104NO8P/c1-3-5-7-9-11-13-15-17-18-19-20-21-22-23-24-25-26-27-28-29-30-31-32-33-34-35-36-37-38-40-42-44-46-48-50-52-59(62)68-57(56-67-69(63,64)66-54-53-60)55-65-58(61)51-49-47-45-43-41-39-16-14-12-10-8-6-4-2/h5-8,11-14,17-18,20-21,39,41,57H,3-4,9-10,15-16,19,22-38,40,42-56,60H2,1-2H3,(H,63,64)/b7-5-,8-6-,13-11-,14-12-,18-17-,21-20-,41-39-. The lowest BCUT2D eigenvalue weighted by molar-refractivity contribution is -0.161. The van der Waals surface area contributed by atoms with Crippen molar-refractivity contribution in [2.75, 3.05) is 26.4 Å². The molecule has 0 saturated heterocycles. The molecule has 9 nitrogen and oxygen atoms in total. The predicted molar refractivity (Wildman–Crippen MR) is 293 cm³/mol. The number of carbonyl (C=O) groups excluding carboxylic acids is 2. The topological polar surface area (TPSA) is 134 Å². The summed E-state index contributed by atoms with van der Waals surface area (Å²) in [6, 6.07) is 0. The molecule has 0 aromatic rings. The third-order valence-corrected chi connectivity index (χ3v) is 12.8. The molecule has 0 aromatic carbocycles. The number of ether oxygens (including phenoxy) is 2. The summed E-state index contributed by atoms with van der Waals surface area (Å²) in [6.45, 7) is 3.49. The quantitative estimate of drug-likeness (QED) is 0.0264. The fourth-order valence-corrected chi connectivity index (χ4v) is 8.47. The summed E-state index contributed by atoms with van der Waals surface area (Å²) in [5.41, 5.74) is 5.37. The Kier molecular flexibility index (Phi) is 52.3. The van der Waals surface area contributed by atoms with E-state index in [2.05, 4.69) is 98.9 Å². The van der Waals surface area contributed by atoms with Gasteiger partial charge in [0.1, 0.15) is 6.61 Å². The summed E-state index contributed by atoms with van der Waals surface area (Å²) in [7, 11) is -4.39. The molecule has 69 heavy (non-hydrogen) atoms. The number of hydrogen-bond donors (Lipinski definition) is 2. The van der Waals surface area contributed by atoms with Crippen molar-refractivity contribution in [1.29, 1.82) is 0 Å². The van der Waals surface area contributed by atoms with E-state index in [1.54, 1.807) is 0 Å². The third-order valence-electron chi connectivity index (χ3n) is 11.8. The minimum Gasteiger partial charge on any atom is -0.462 e. The van der Waals surface area contributed by atoms with Gasteiger partial charge in [-0.3, -0.25) is 18.6 Å². The van der Waals surface area contributed by atoms with Crippen molar-refractivity contribution >= 4 is 19.8 Å². The second kappa shape index (κ2) is 54.5. The molecule has 0 heterocycles. The Morgan fingerprint density at radius 3 is 1.13 bits per heavy atom. The second-order valence-electron chi connectivity index (χ2n) is 18.4. The van der Waals surface area contributed by atoms with Crippen LogP contribution in [-0.2, 0) is 32.7 Å². The first-order valence-corrected chi connectivity index (χ1v) is 29.6. The van der Waals surface area contributed by atoms with E-state index in [1.807, 2.05) is 0 Å². The highest BCUT2D eigenvalue weighted by Crippen LogP contribution is 2.43. The highest BCUT2D eigenvalue weighted by Gasteiger charge is 2.26. The van der Waals surface area contributed by atoms with Gasteiger partial charge in [0.15, 0.2) is 6.10 Å². The molecule has 0 fully saturated rings. The fraction of sp³-hybridized carbons (Fsp3) is 0.729. The van der Waals surface area contributed by atoms with Gasteiger partial charge < -0.3 is 20.1 Å². The minimum atomic E-state index is -4.39. The number of esters is 2. The van der Waals surface area contributed by atoms with E-state index in [4.69, 9.17) is 24.3 Å². The Labute approximate surface area is 424 Å². The molecular weight excluding hydrogens is 882 g/mol. The van der Waals surface area contributed by atoms with Crippen molar-refractivity contribution in [2.45, 2.75) is 251 Å². The van der Waals surface area contributed by atoms with Crippen LogP contribution in [0, 0.1) is 0 Å². The molecule has 3 N–H and O–H groups in total. The smallest absolute Gasteiger partial charge is 0.462 e. The number of unbranched alkanes of at least 4 members (excludes halogenated alkanes) is 25. The summed E-state index contributed by atoms with van der Waals surface area (Å²) in [6.07, 6.45) is 71.0. The van der Waals surface area contributed by atoms with E-state index in [-0.39, 0.29) is 32.6 Å². The maximum absolute atomic E-state index is 12.7. The molecule has 2 unspecified atom stereocenters. The summed E-state index contributed by atoms with van der Waals surface area (Å²) in [4.78, 5) is 35.0. The van der Waals surface area contributed by atoms with Crippen LogP contribution in [0.5, 0.6) is 0 Å². The normalized spacial score (nSPS) is 13.7. The maximum atomic E-state index is 12.7. The van der Waals surface area contributed by atoms with Crippen molar-refractivity contribution in [2.24, 2.45) is 5.73 Å². The SMILES string of the molecule is CC/C=C\C/C=C\C/C=C\C/C=C\CCCCCCCCCCCCCCCCCCCCCCCCC(=O)OC(COC(=O)CCCCC/C=C\C/C=C\C/C=C\CC)COP(=O)(O)OCCN. The molecule has 0 bridgehead atoms. The number of phosphoric ester groups is 1. The van der Waals surface area contributed by atoms with Gasteiger partial charge in [0.25, 0.3) is 0 Å². The van der Waals surface area contributed by atoms with Crippen molar-refractivity contribution in [3.63, 3.8) is 0 Å². The molecule has 398 valence electrons. The van der Waals surface area contributed by atoms with Crippen LogP contribution in [0.4, 0.5) is 0 Å². The van der Waals surface area contributed by atoms with Crippen LogP contribution in [0.15, 0.2) is 85.1 Å². The number of rotatable bonds is 52. The molecule has 0 rings (SSSR count). The van der Waals surface area contributed by atoms with Gasteiger partial charge >= 0.3 is 19.8 Å². The van der Waals surface area contributed by atoms with Gasteiger partial charge in [-0.25, -0.2) is 4.57 Å². The molecule has 0 amide bonds. The van der Waals surface area contributed by atoms with Gasteiger partial charge in [-0.15, -0.1) is 0 Å². The molecule has 0 radical (unpaired) electrons. The van der Waals surface area contributed by atoms with E-state index in [9.17, 15) is 19.0 Å². The number of nitrogens with two attached hydrogens (primary N) is 1. The average molecular weight is 986 g/mol. The lowest BCUT2D eigenvalue weighted by Crippen LogP contribution is -2.29. The Balaban J connectivity index is 3.84. The van der Waals surface area contributed by atoms with Crippen LogP contribution < -0.4 is 5.73 Å². The van der Waals surface area contributed by atoms with Gasteiger partial charge in [0.2, 0.25) is 0 Å². The molecule has 10 heteroatoms. The van der Waals surface area contributed by atoms with Crippen molar-refractivity contribution < 1.29 is 37.6 Å². The third kappa shape index (κ3) is 54.4. The number of hydrogen-bond acceptors (Lipinski definition) is 8. The number of allylic oxidation sites excluding steroid dienone is 14. The van der Waals surface area contributed by atoms with Gasteiger partial charge in [-0.1, -0.05) is 234 Å². The predicted octanol–water partition coefficient (Wildman–Crippen LogP) is 17.5. The Morgan fingerprint density at radius 1 is 0.435 bits per heavy atom. The summed E-state index contributed by atoms with van der Waals surface area (Å²) in [5.74, 6) is -0.859. The summed E-state index contributed by atoms with van der Waals surface area (Å²) in [5, 5.41) is 0. The van der Waals surface area contributed by atoms with Gasteiger partial charge in [0.05, 0.1) is 13.2 Å². The van der Waals surface area contributed by atoms with E-state index >= 15 is 0 Å². The number of phosphoric acid groups is 1.